The van der Waals surface area contributed by atoms with Crippen LogP contribution in [0.15, 0.2) is 12.3 Å². The van der Waals surface area contributed by atoms with Crippen LogP contribution in [0, 0.1) is 0 Å². The van der Waals surface area contributed by atoms with E-state index in [-0.39, 0.29) is 17.3 Å². The highest BCUT2D eigenvalue weighted by molar-refractivity contribution is 6.31. The fourth-order valence-corrected chi connectivity index (χ4v) is 1.46. The molecule has 0 atom stereocenters. The molecular formula is C12H16ClNO4. The summed E-state index contributed by atoms with van der Waals surface area (Å²) >= 11 is 5.79. The first-order chi connectivity index (χ1) is 8.24. The van der Waals surface area contributed by atoms with Gasteiger partial charge in [-0.25, -0.2) is 14.2 Å². The van der Waals surface area contributed by atoms with Crippen molar-refractivity contribution in [2.45, 2.75) is 33.3 Å². The van der Waals surface area contributed by atoms with Gasteiger partial charge in [-0.2, -0.15) is 0 Å². The molecule has 1 aromatic heterocycles. The fraction of sp³-hybridized carbons (Fsp3) is 0.500. The number of aromatic nitrogens is 1. The molecule has 18 heavy (non-hydrogen) atoms. The first-order valence-corrected chi connectivity index (χ1v) is 5.90. The zero-order valence-electron chi connectivity index (χ0n) is 10.8. The van der Waals surface area contributed by atoms with Gasteiger partial charge in [0.25, 0.3) is 0 Å². The standard InChI is InChI=1S/C12H16ClNO4/c1-5-17-10(15)9-6-8(13)7-14(9)11(16)18-12(2,3)4/h6-7H,5H2,1-4H3. The van der Waals surface area contributed by atoms with E-state index in [0.717, 1.165) is 4.57 Å². The first-order valence-electron chi connectivity index (χ1n) is 5.53. The second kappa shape index (κ2) is 5.44. The number of halogens is 1. The molecular weight excluding hydrogens is 258 g/mol. The van der Waals surface area contributed by atoms with Gasteiger partial charge >= 0.3 is 12.1 Å². The van der Waals surface area contributed by atoms with E-state index in [4.69, 9.17) is 21.1 Å². The van der Waals surface area contributed by atoms with Crippen molar-refractivity contribution in [1.82, 2.24) is 4.57 Å². The predicted molar refractivity (Wildman–Crippen MR) is 67.0 cm³/mol. The molecule has 0 spiro atoms. The van der Waals surface area contributed by atoms with Gasteiger partial charge in [-0.3, -0.25) is 0 Å². The maximum Gasteiger partial charge on any atom is 0.419 e. The molecule has 0 bridgehead atoms. The second-order valence-electron chi connectivity index (χ2n) is 4.61. The van der Waals surface area contributed by atoms with Crippen LogP contribution in [0.25, 0.3) is 0 Å². The van der Waals surface area contributed by atoms with Crippen molar-refractivity contribution < 1.29 is 19.1 Å². The van der Waals surface area contributed by atoms with Crippen LogP contribution in [-0.2, 0) is 9.47 Å². The number of esters is 1. The second-order valence-corrected chi connectivity index (χ2v) is 5.05. The van der Waals surface area contributed by atoms with Gasteiger partial charge in [-0.15, -0.1) is 0 Å². The molecule has 0 aromatic carbocycles. The summed E-state index contributed by atoms with van der Waals surface area (Å²) in [6, 6.07) is 1.36. The Kier molecular flexibility index (Phi) is 4.40. The molecule has 0 N–H and O–H groups in total. The third-order valence-electron chi connectivity index (χ3n) is 1.86. The molecule has 0 unspecified atom stereocenters. The molecule has 0 fully saturated rings. The summed E-state index contributed by atoms with van der Waals surface area (Å²) in [6.07, 6.45) is 0.652. The van der Waals surface area contributed by atoms with Gasteiger partial charge in [0.1, 0.15) is 11.3 Å². The summed E-state index contributed by atoms with van der Waals surface area (Å²) in [4.78, 5) is 23.5. The van der Waals surface area contributed by atoms with E-state index in [2.05, 4.69) is 0 Å². The minimum Gasteiger partial charge on any atom is -0.461 e. The zero-order chi connectivity index (χ0) is 13.9. The Morgan fingerprint density at radius 1 is 1.39 bits per heavy atom. The van der Waals surface area contributed by atoms with Crippen LogP contribution >= 0.6 is 11.6 Å². The average Bonchev–Trinajstić information content (AvgIpc) is 2.58. The predicted octanol–water partition coefficient (Wildman–Crippen LogP) is 3.10. The van der Waals surface area contributed by atoms with E-state index in [0.29, 0.717) is 0 Å². The van der Waals surface area contributed by atoms with Crippen molar-refractivity contribution >= 4 is 23.7 Å². The Labute approximate surface area is 111 Å². The Hall–Kier alpha value is -1.49. The van der Waals surface area contributed by atoms with E-state index in [1.54, 1.807) is 27.7 Å². The smallest absolute Gasteiger partial charge is 0.419 e. The minimum atomic E-state index is -0.669. The summed E-state index contributed by atoms with van der Waals surface area (Å²) in [5.74, 6) is -0.616. The van der Waals surface area contributed by atoms with Crippen molar-refractivity contribution in [3.8, 4) is 0 Å². The summed E-state index contributed by atoms with van der Waals surface area (Å²) < 4.78 is 11.0. The van der Waals surface area contributed by atoms with Gasteiger partial charge in [0.2, 0.25) is 0 Å². The Morgan fingerprint density at radius 2 is 2.00 bits per heavy atom. The Morgan fingerprint density at radius 3 is 2.50 bits per heavy atom. The maximum atomic E-state index is 11.9. The van der Waals surface area contributed by atoms with Gasteiger partial charge in [0, 0.05) is 6.20 Å². The molecule has 1 heterocycles. The van der Waals surface area contributed by atoms with E-state index in [1.165, 1.54) is 12.3 Å². The molecule has 0 aliphatic heterocycles. The van der Waals surface area contributed by atoms with E-state index in [1.807, 2.05) is 0 Å². The normalized spacial score (nSPS) is 11.2. The van der Waals surface area contributed by atoms with Crippen molar-refractivity contribution in [1.29, 1.82) is 0 Å². The fourth-order valence-electron chi connectivity index (χ4n) is 1.25. The van der Waals surface area contributed by atoms with Crippen LogP contribution in [-0.4, -0.2) is 28.8 Å². The SMILES string of the molecule is CCOC(=O)c1cc(Cl)cn1C(=O)OC(C)(C)C. The summed E-state index contributed by atoms with van der Waals surface area (Å²) in [6.45, 7) is 7.11. The largest absolute Gasteiger partial charge is 0.461 e. The monoisotopic (exact) mass is 273 g/mol. The van der Waals surface area contributed by atoms with Gasteiger partial charge < -0.3 is 9.47 Å². The molecule has 0 saturated carbocycles. The number of nitrogens with zero attached hydrogens (tertiary/aromatic N) is 1. The maximum absolute atomic E-state index is 11.9. The number of hydrogen-bond donors (Lipinski definition) is 0. The zero-order valence-corrected chi connectivity index (χ0v) is 11.6. The number of hydrogen-bond acceptors (Lipinski definition) is 4. The van der Waals surface area contributed by atoms with Crippen LogP contribution in [0.5, 0.6) is 0 Å². The van der Waals surface area contributed by atoms with Crippen LogP contribution in [0.1, 0.15) is 38.2 Å². The molecule has 0 aliphatic rings. The third kappa shape index (κ3) is 3.77. The minimum absolute atomic E-state index is 0.0519. The van der Waals surface area contributed by atoms with Crippen molar-refractivity contribution in [3.05, 3.63) is 23.0 Å². The Bertz CT molecular complexity index is 459. The Balaban J connectivity index is 3.02. The average molecular weight is 274 g/mol. The van der Waals surface area contributed by atoms with Crippen molar-refractivity contribution in [2.24, 2.45) is 0 Å². The lowest BCUT2D eigenvalue weighted by Crippen LogP contribution is -2.28. The highest BCUT2D eigenvalue weighted by Crippen LogP contribution is 2.17. The molecule has 1 aromatic rings. The van der Waals surface area contributed by atoms with Gasteiger partial charge in [0.05, 0.1) is 11.6 Å². The number of ether oxygens (including phenoxy) is 2. The van der Waals surface area contributed by atoms with Crippen molar-refractivity contribution in [3.63, 3.8) is 0 Å². The quantitative estimate of drug-likeness (QED) is 0.777. The summed E-state index contributed by atoms with van der Waals surface area (Å²) in [5.41, 5.74) is -0.601. The first kappa shape index (κ1) is 14.6. The lowest BCUT2D eigenvalue weighted by Gasteiger charge is -2.20. The molecule has 0 amide bonds. The van der Waals surface area contributed by atoms with E-state index >= 15 is 0 Å². The van der Waals surface area contributed by atoms with Gasteiger partial charge in [-0.05, 0) is 33.8 Å². The highest BCUT2D eigenvalue weighted by Gasteiger charge is 2.23. The molecule has 0 radical (unpaired) electrons. The van der Waals surface area contributed by atoms with Gasteiger partial charge in [-0.1, -0.05) is 11.6 Å². The van der Waals surface area contributed by atoms with Gasteiger partial charge in [0.15, 0.2) is 0 Å². The van der Waals surface area contributed by atoms with E-state index < -0.39 is 17.7 Å². The molecule has 6 heteroatoms. The molecule has 0 aliphatic carbocycles. The molecule has 1 rings (SSSR count). The van der Waals surface area contributed by atoms with Crippen LogP contribution in [0.2, 0.25) is 5.02 Å². The molecule has 5 nitrogen and oxygen atoms in total. The lowest BCUT2D eigenvalue weighted by atomic mass is 10.2. The number of rotatable bonds is 2. The topological polar surface area (TPSA) is 57.5 Å². The van der Waals surface area contributed by atoms with E-state index in [9.17, 15) is 9.59 Å². The molecule has 100 valence electrons. The number of carbonyl (C=O) groups excluding carboxylic acids is 2. The lowest BCUT2D eigenvalue weighted by molar-refractivity contribution is 0.0449. The third-order valence-corrected chi connectivity index (χ3v) is 2.07. The van der Waals surface area contributed by atoms with Crippen LogP contribution in [0.4, 0.5) is 4.79 Å². The highest BCUT2D eigenvalue weighted by atomic mass is 35.5. The van der Waals surface area contributed by atoms with Crippen LogP contribution < -0.4 is 0 Å². The molecule has 0 saturated heterocycles. The van der Waals surface area contributed by atoms with Crippen LogP contribution in [0.3, 0.4) is 0 Å². The summed E-state index contributed by atoms with van der Waals surface area (Å²) in [5, 5.41) is 0.268. The number of carbonyl (C=O) groups is 2. The van der Waals surface area contributed by atoms with Crippen molar-refractivity contribution in [2.75, 3.05) is 6.61 Å². The summed E-state index contributed by atoms with van der Waals surface area (Å²) in [7, 11) is 0.